The van der Waals surface area contributed by atoms with Crippen molar-refractivity contribution in [1.29, 1.82) is 0 Å². The fourth-order valence-corrected chi connectivity index (χ4v) is 2.91. The number of nitrogens with one attached hydrogen (secondary N) is 1. The van der Waals surface area contributed by atoms with E-state index in [-0.39, 0.29) is 30.5 Å². The predicted octanol–water partition coefficient (Wildman–Crippen LogP) is 2.28. The lowest BCUT2D eigenvalue weighted by Gasteiger charge is -2.43. The van der Waals surface area contributed by atoms with E-state index in [4.69, 9.17) is 4.74 Å². The lowest BCUT2D eigenvalue weighted by molar-refractivity contribution is -0.163. The standard InChI is InChI=1S/C18H26N2O3/c1-12(2)20-14(21)11-19-15(17(22)23-18(3,4)5)16(20)13-9-7-6-8-10-13/h6-10,12,15-16,19H,11H2,1-5H3/t15-,16+/m0/s1. The summed E-state index contributed by atoms with van der Waals surface area (Å²) in [5, 5.41) is 3.06. The summed E-state index contributed by atoms with van der Waals surface area (Å²) in [6, 6.07) is 8.70. The topological polar surface area (TPSA) is 58.6 Å². The SMILES string of the molecule is CC(C)N1C(=O)CN[C@H](C(=O)OC(C)(C)C)[C@H]1c1ccccc1. The molecule has 0 aromatic heterocycles. The van der Waals surface area contributed by atoms with Crippen molar-refractivity contribution in [3.8, 4) is 0 Å². The number of piperazine rings is 1. The molecule has 2 atom stereocenters. The van der Waals surface area contributed by atoms with E-state index in [9.17, 15) is 9.59 Å². The van der Waals surface area contributed by atoms with E-state index in [1.54, 1.807) is 4.90 Å². The molecule has 1 fully saturated rings. The molecular weight excluding hydrogens is 292 g/mol. The molecule has 0 spiro atoms. The maximum absolute atomic E-state index is 12.6. The first kappa shape index (κ1) is 17.5. The van der Waals surface area contributed by atoms with Crippen molar-refractivity contribution in [2.45, 2.75) is 58.3 Å². The van der Waals surface area contributed by atoms with Gasteiger partial charge in [-0.3, -0.25) is 14.9 Å². The fourth-order valence-electron chi connectivity index (χ4n) is 2.91. The molecule has 1 aliphatic rings. The molecule has 0 bridgehead atoms. The Morgan fingerprint density at radius 3 is 2.39 bits per heavy atom. The summed E-state index contributed by atoms with van der Waals surface area (Å²) in [6.45, 7) is 9.60. The van der Waals surface area contributed by atoms with Crippen LogP contribution in [0.4, 0.5) is 0 Å². The number of benzene rings is 1. The lowest BCUT2D eigenvalue weighted by Crippen LogP contribution is -2.61. The second-order valence-electron chi connectivity index (χ2n) is 7.14. The van der Waals surface area contributed by atoms with E-state index in [2.05, 4.69) is 5.32 Å². The molecule has 0 radical (unpaired) electrons. The minimum Gasteiger partial charge on any atom is -0.459 e. The van der Waals surface area contributed by atoms with Gasteiger partial charge in [0.25, 0.3) is 0 Å². The molecule has 1 aliphatic heterocycles. The highest BCUT2D eigenvalue weighted by Crippen LogP contribution is 2.30. The largest absolute Gasteiger partial charge is 0.459 e. The van der Waals surface area contributed by atoms with Gasteiger partial charge in [-0.2, -0.15) is 0 Å². The molecule has 1 aromatic carbocycles. The fraction of sp³-hybridized carbons (Fsp3) is 0.556. The summed E-state index contributed by atoms with van der Waals surface area (Å²) in [6.07, 6.45) is 0. The van der Waals surface area contributed by atoms with Crippen molar-refractivity contribution in [2.24, 2.45) is 0 Å². The van der Waals surface area contributed by atoms with Gasteiger partial charge in [0.15, 0.2) is 0 Å². The molecule has 5 heteroatoms. The number of carbonyl (C=O) groups is 2. The Balaban J connectivity index is 2.39. The van der Waals surface area contributed by atoms with Crippen LogP contribution in [0.1, 0.15) is 46.2 Å². The second kappa shape index (κ2) is 6.71. The summed E-state index contributed by atoms with van der Waals surface area (Å²) in [5.41, 5.74) is 0.363. The third-order valence-corrected chi connectivity index (χ3v) is 3.73. The third kappa shape index (κ3) is 4.10. The second-order valence-corrected chi connectivity index (χ2v) is 7.14. The summed E-state index contributed by atoms with van der Waals surface area (Å²) in [5.74, 6) is -0.335. The van der Waals surface area contributed by atoms with Crippen LogP contribution in [-0.2, 0) is 14.3 Å². The first-order chi connectivity index (χ1) is 10.7. The number of amides is 1. The van der Waals surface area contributed by atoms with Crippen molar-refractivity contribution in [3.63, 3.8) is 0 Å². The van der Waals surface area contributed by atoms with Crippen LogP contribution in [-0.4, -0.2) is 41.0 Å². The van der Waals surface area contributed by atoms with E-state index in [0.717, 1.165) is 5.56 Å². The van der Waals surface area contributed by atoms with Crippen LogP contribution in [0.2, 0.25) is 0 Å². The summed E-state index contributed by atoms with van der Waals surface area (Å²) < 4.78 is 5.55. The van der Waals surface area contributed by atoms with Crippen molar-refractivity contribution in [1.82, 2.24) is 10.2 Å². The van der Waals surface area contributed by atoms with Crippen LogP contribution in [0.15, 0.2) is 30.3 Å². The van der Waals surface area contributed by atoms with E-state index in [1.807, 2.05) is 65.0 Å². The van der Waals surface area contributed by atoms with Gasteiger partial charge in [0.1, 0.15) is 11.6 Å². The minimum atomic E-state index is -0.572. The van der Waals surface area contributed by atoms with Gasteiger partial charge >= 0.3 is 5.97 Å². The number of carbonyl (C=O) groups excluding carboxylic acids is 2. The molecule has 1 saturated heterocycles. The van der Waals surface area contributed by atoms with Gasteiger partial charge in [0.2, 0.25) is 5.91 Å². The zero-order chi connectivity index (χ0) is 17.2. The van der Waals surface area contributed by atoms with Crippen LogP contribution in [0.3, 0.4) is 0 Å². The highest BCUT2D eigenvalue weighted by molar-refractivity contribution is 5.85. The molecule has 0 unspecified atom stereocenters. The molecule has 0 saturated carbocycles. The minimum absolute atomic E-state index is 0.000238. The Bertz CT molecular complexity index is 563. The Hall–Kier alpha value is -1.88. The normalized spacial score (nSPS) is 22.3. The summed E-state index contributed by atoms with van der Waals surface area (Å²) in [7, 11) is 0. The van der Waals surface area contributed by atoms with Gasteiger partial charge in [-0.1, -0.05) is 30.3 Å². The monoisotopic (exact) mass is 318 g/mol. The van der Waals surface area contributed by atoms with Crippen LogP contribution in [0.5, 0.6) is 0 Å². The van der Waals surface area contributed by atoms with E-state index < -0.39 is 11.6 Å². The molecule has 126 valence electrons. The molecule has 2 rings (SSSR count). The van der Waals surface area contributed by atoms with E-state index in [0.29, 0.717) is 0 Å². The van der Waals surface area contributed by atoms with Gasteiger partial charge < -0.3 is 9.64 Å². The molecule has 5 nitrogen and oxygen atoms in total. The van der Waals surface area contributed by atoms with Gasteiger partial charge in [0, 0.05) is 6.04 Å². The molecule has 1 heterocycles. The Morgan fingerprint density at radius 1 is 1.26 bits per heavy atom. The predicted molar refractivity (Wildman–Crippen MR) is 88.8 cm³/mol. The number of esters is 1. The maximum Gasteiger partial charge on any atom is 0.326 e. The number of hydrogen-bond acceptors (Lipinski definition) is 4. The van der Waals surface area contributed by atoms with Crippen molar-refractivity contribution < 1.29 is 14.3 Å². The van der Waals surface area contributed by atoms with Crippen LogP contribution >= 0.6 is 0 Å². The maximum atomic E-state index is 12.6. The zero-order valence-electron chi connectivity index (χ0n) is 14.5. The average molecular weight is 318 g/mol. The quantitative estimate of drug-likeness (QED) is 0.869. The van der Waals surface area contributed by atoms with Gasteiger partial charge in [-0.05, 0) is 40.2 Å². The molecule has 0 aliphatic carbocycles. The Morgan fingerprint density at radius 2 is 1.87 bits per heavy atom. The van der Waals surface area contributed by atoms with Crippen molar-refractivity contribution in [2.75, 3.05) is 6.54 Å². The zero-order valence-corrected chi connectivity index (χ0v) is 14.5. The van der Waals surface area contributed by atoms with Crippen LogP contribution in [0, 0.1) is 0 Å². The number of rotatable bonds is 3. The van der Waals surface area contributed by atoms with Gasteiger partial charge in [-0.15, -0.1) is 0 Å². The summed E-state index contributed by atoms with van der Waals surface area (Å²) >= 11 is 0. The molecule has 1 aromatic rings. The molecule has 1 N–H and O–H groups in total. The third-order valence-electron chi connectivity index (χ3n) is 3.73. The average Bonchev–Trinajstić information content (AvgIpc) is 2.45. The van der Waals surface area contributed by atoms with Crippen molar-refractivity contribution >= 4 is 11.9 Å². The number of nitrogens with zero attached hydrogens (tertiary/aromatic N) is 1. The van der Waals surface area contributed by atoms with Crippen LogP contribution in [0.25, 0.3) is 0 Å². The molecular formula is C18H26N2O3. The van der Waals surface area contributed by atoms with Crippen LogP contribution < -0.4 is 5.32 Å². The Labute approximate surface area is 138 Å². The summed E-state index contributed by atoms with van der Waals surface area (Å²) in [4.78, 5) is 26.8. The van der Waals surface area contributed by atoms with Gasteiger partial charge in [0.05, 0.1) is 12.6 Å². The van der Waals surface area contributed by atoms with Gasteiger partial charge in [-0.25, -0.2) is 0 Å². The Kier molecular flexibility index (Phi) is 5.09. The number of hydrogen-bond donors (Lipinski definition) is 1. The highest BCUT2D eigenvalue weighted by atomic mass is 16.6. The highest BCUT2D eigenvalue weighted by Gasteiger charge is 2.43. The lowest BCUT2D eigenvalue weighted by atomic mass is 9.93. The van der Waals surface area contributed by atoms with Crippen molar-refractivity contribution in [3.05, 3.63) is 35.9 Å². The first-order valence-corrected chi connectivity index (χ1v) is 8.03. The molecule has 23 heavy (non-hydrogen) atoms. The van der Waals surface area contributed by atoms with E-state index in [1.165, 1.54) is 0 Å². The first-order valence-electron chi connectivity index (χ1n) is 8.03. The molecule has 1 amide bonds. The smallest absolute Gasteiger partial charge is 0.326 e. The number of ether oxygens (including phenoxy) is 1. The van der Waals surface area contributed by atoms with E-state index >= 15 is 0 Å².